The molecule has 86 valence electrons. The van der Waals surface area contributed by atoms with Crippen LogP contribution in [0.4, 0.5) is 4.79 Å². The molecule has 0 aromatic carbocycles. The van der Waals surface area contributed by atoms with Crippen LogP contribution in [-0.4, -0.2) is 25.3 Å². The lowest BCUT2D eigenvalue weighted by atomic mass is 10.2. The minimum absolute atomic E-state index is 0.0100. The third-order valence-corrected chi connectivity index (χ3v) is 1.55. The van der Waals surface area contributed by atoms with E-state index in [-0.39, 0.29) is 13.2 Å². The van der Waals surface area contributed by atoms with E-state index in [4.69, 9.17) is 10.5 Å². The van der Waals surface area contributed by atoms with Crippen LogP contribution in [0.25, 0.3) is 0 Å². The summed E-state index contributed by atoms with van der Waals surface area (Å²) in [6.45, 7) is 2.09. The standard InChI is InChI=1S/C10H17NO4/c1-2-3-4-5-6-9(12)14-7-8-15-10(11)13/h5-6H,2-4,7-8H2,1H3,(H2,11,13). The molecule has 0 aromatic rings. The number of primary amides is 1. The monoisotopic (exact) mass is 215 g/mol. The van der Waals surface area contributed by atoms with E-state index in [9.17, 15) is 9.59 Å². The Morgan fingerprint density at radius 3 is 2.53 bits per heavy atom. The summed E-state index contributed by atoms with van der Waals surface area (Å²) in [7, 11) is 0. The molecular formula is C10H17NO4. The number of amides is 1. The SMILES string of the molecule is CCCCC=CC(=O)OCCOC(N)=O. The third-order valence-electron chi connectivity index (χ3n) is 1.55. The van der Waals surface area contributed by atoms with E-state index in [1.165, 1.54) is 6.08 Å². The first-order valence-electron chi connectivity index (χ1n) is 4.92. The number of nitrogens with two attached hydrogens (primary N) is 1. The smallest absolute Gasteiger partial charge is 0.404 e. The van der Waals surface area contributed by atoms with Gasteiger partial charge in [-0.3, -0.25) is 0 Å². The fourth-order valence-electron chi connectivity index (χ4n) is 0.834. The van der Waals surface area contributed by atoms with Gasteiger partial charge in [-0.2, -0.15) is 0 Å². The summed E-state index contributed by atoms with van der Waals surface area (Å²) in [5.41, 5.74) is 4.71. The Balaban J connectivity index is 3.40. The molecule has 0 spiro atoms. The summed E-state index contributed by atoms with van der Waals surface area (Å²) in [5.74, 6) is -0.431. The van der Waals surface area contributed by atoms with Crippen molar-refractivity contribution in [3.8, 4) is 0 Å². The van der Waals surface area contributed by atoms with Crippen LogP contribution >= 0.6 is 0 Å². The van der Waals surface area contributed by atoms with Crippen molar-refractivity contribution in [1.29, 1.82) is 0 Å². The van der Waals surface area contributed by atoms with Crippen molar-refractivity contribution in [3.05, 3.63) is 12.2 Å². The lowest BCUT2D eigenvalue weighted by Gasteiger charge is -2.01. The normalized spacial score (nSPS) is 10.2. The van der Waals surface area contributed by atoms with Crippen LogP contribution in [-0.2, 0) is 14.3 Å². The highest BCUT2D eigenvalue weighted by molar-refractivity contribution is 5.81. The van der Waals surface area contributed by atoms with Crippen molar-refractivity contribution in [2.24, 2.45) is 5.73 Å². The van der Waals surface area contributed by atoms with Crippen LogP contribution < -0.4 is 5.73 Å². The Morgan fingerprint density at radius 1 is 1.27 bits per heavy atom. The summed E-state index contributed by atoms with van der Waals surface area (Å²) >= 11 is 0. The van der Waals surface area contributed by atoms with Crippen molar-refractivity contribution in [2.45, 2.75) is 26.2 Å². The first-order valence-corrected chi connectivity index (χ1v) is 4.92. The second-order valence-corrected chi connectivity index (χ2v) is 2.88. The predicted octanol–water partition coefficient (Wildman–Crippen LogP) is 1.37. The molecule has 5 heteroatoms. The topological polar surface area (TPSA) is 78.6 Å². The van der Waals surface area contributed by atoms with Gasteiger partial charge in [-0.15, -0.1) is 0 Å². The summed E-state index contributed by atoms with van der Waals surface area (Å²) in [6, 6.07) is 0. The maximum atomic E-state index is 11.0. The average molecular weight is 215 g/mol. The number of carbonyl (C=O) groups excluding carboxylic acids is 2. The number of unbranched alkanes of at least 4 members (excludes halogenated alkanes) is 2. The number of rotatable bonds is 7. The first-order chi connectivity index (χ1) is 7.16. The molecule has 0 aliphatic rings. The van der Waals surface area contributed by atoms with Gasteiger partial charge in [0.2, 0.25) is 0 Å². The van der Waals surface area contributed by atoms with Gasteiger partial charge >= 0.3 is 12.1 Å². The van der Waals surface area contributed by atoms with Crippen molar-refractivity contribution in [2.75, 3.05) is 13.2 Å². The van der Waals surface area contributed by atoms with Gasteiger partial charge in [-0.05, 0) is 6.42 Å². The molecule has 1 amide bonds. The van der Waals surface area contributed by atoms with Crippen LogP contribution in [0.15, 0.2) is 12.2 Å². The number of esters is 1. The maximum Gasteiger partial charge on any atom is 0.404 e. The summed E-state index contributed by atoms with van der Waals surface area (Å²) in [6.07, 6.45) is 5.27. The quantitative estimate of drug-likeness (QED) is 0.395. The molecule has 0 aliphatic heterocycles. The Hall–Kier alpha value is -1.52. The van der Waals surface area contributed by atoms with Gasteiger partial charge < -0.3 is 15.2 Å². The van der Waals surface area contributed by atoms with Gasteiger partial charge in [0.1, 0.15) is 13.2 Å². The molecule has 0 fully saturated rings. The molecule has 15 heavy (non-hydrogen) atoms. The van der Waals surface area contributed by atoms with Crippen LogP contribution in [0, 0.1) is 0 Å². The summed E-state index contributed by atoms with van der Waals surface area (Å²) in [4.78, 5) is 21.1. The van der Waals surface area contributed by atoms with E-state index < -0.39 is 12.1 Å². The van der Waals surface area contributed by atoms with Crippen LogP contribution in [0.1, 0.15) is 26.2 Å². The largest absolute Gasteiger partial charge is 0.459 e. The molecule has 0 saturated carbocycles. The first kappa shape index (κ1) is 13.5. The highest BCUT2D eigenvalue weighted by atomic mass is 16.6. The fraction of sp³-hybridized carbons (Fsp3) is 0.600. The highest BCUT2D eigenvalue weighted by Crippen LogP contribution is 1.95. The predicted molar refractivity (Wildman–Crippen MR) is 55.2 cm³/mol. The van der Waals surface area contributed by atoms with Crippen molar-refractivity contribution < 1.29 is 19.1 Å². The molecule has 5 nitrogen and oxygen atoms in total. The van der Waals surface area contributed by atoms with Gasteiger partial charge in [-0.25, -0.2) is 9.59 Å². The molecule has 0 aliphatic carbocycles. The van der Waals surface area contributed by atoms with Crippen LogP contribution in [0.5, 0.6) is 0 Å². The van der Waals surface area contributed by atoms with Gasteiger partial charge in [0, 0.05) is 6.08 Å². The van der Waals surface area contributed by atoms with E-state index >= 15 is 0 Å². The number of carbonyl (C=O) groups is 2. The molecule has 0 bridgehead atoms. The Morgan fingerprint density at radius 2 is 1.93 bits per heavy atom. The van der Waals surface area contributed by atoms with E-state index in [1.807, 2.05) is 0 Å². The number of allylic oxidation sites excluding steroid dienone is 1. The van der Waals surface area contributed by atoms with Gasteiger partial charge in [0.15, 0.2) is 0 Å². The molecule has 2 N–H and O–H groups in total. The van der Waals surface area contributed by atoms with E-state index in [2.05, 4.69) is 11.7 Å². The van der Waals surface area contributed by atoms with E-state index in [0.717, 1.165) is 19.3 Å². The minimum Gasteiger partial charge on any atom is -0.459 e. The maximum absolute atomic E-state index is 11.0. The molecule has 0 aromatic heterocycles. The zero-order chi connectivity index (χ0) is 11.5. The van der Waals surface area contributed by atoms with Crippen LogP contribution in [0.2, 0.25) is 0 Å². The molecule has 0 heterocycles. The zero-order valence-electron chi connectivity index (χ0n) is 8.90. The van der Waals surface area contributed by atoms with E-state index in [1.54, 1.807) is 6.08 Å². The number of ether oxygens (including phenoxy) is 2. The summed E-state index contributed by atoms with van der Waals surface area (Å²) in [5, 5.41) is 0. The van der Waals surface area contributed by atoms with E-state index in [0.29, 0.717) is 0 Å². The summed E-state index contributed by atoms with van der Waals surface area (Å²) < 4.78 is 9.09. The Labute approximate surface area is 89.2 Å². The van der Waals surface area contributed by atoms with Gasteiger partial charge in [0.05, 0.1) is 0 Å². The second kappa shape index (κ2) is 9.05. The molecular weight excluding hydrogens is 198 g/mol. The molecule has 0 saturated heterocycles. The zero-order valence-corrected chi connectivity index (χ0v) is 8.90. The lowest BCUT2D eigenvalue weighted by Crippen LogP contribution is -2.17. The van der Waals surface area contributed by atoms with Crippen LogP contribution in [0.3, 0.4) is 0 Å². The van der Waals surface area contributed by atoms with Crippen molar-refractivity contribution >= 4 is 12.1 Å². The van der Waals surface area contributed by atoms with Crippen molar-refractivity contribution in [3.63, 3.8) is 0 Å². The minimum atomic E-state index is -0.871. The molecule has 0 unspecified atom stereocenters. The Kier molecular flexibility index (Phi) is 8.13. The van der Waals surface area contributed by atoms with Gasteiger partial charge in [0.25, 0.3) is 0 Å². The fourth-order valence-corrected chi connectivity index (χ4v) is 0.834. The molecule has 0 atom stereocenters. The second-order valence-electron chi connectivity index (χ2n) is 2.88. The third kappa shape index (κ3) is 10.4. The van der Waals surface area contributed by atoms with Crippen molar-refractivity contribution in [1.82, 2.24) is 0 Å². The molecule has 0 rings (SSSR count). The molecule has 0 radical (unpaired) electrons. The Bertz CT molecular complexity index is 225. The lowest BCUT2D eigenvalue weighted by molar-refractivity contribution is -0.138. The number of hydrogen-bond donors (Lipinski definition) is 1. The number of hydrogen-bond acceptors (Lipinski definition) is 4. The highest BCUT2D eigenvalue weighted by Gasteiger charge is 1.97. The average Bonchev–Trinajstić information content (AvgIpc) is 2.19. The van der Waals surface area contributed by atoms with Gasteiger partial charge in [-0.1, -0.05) is 25.8 Å².